The van der Waals surface area contributed by atoms with E-state index in [1.807, 2.05) is 0 Å². The van der Waals surface area contributed by atoms with E-state index in [9.17, 15) is 0 Å². The second-order valence-corrected chi connectivity index (χ2v) is 1.74. The summed E-state index contributed by atoms with van der Waals surface area (Å²) in [5.41, 5.74) is 5.20. The molecule has 10 heavy (non-hydrogen) atoms. The first-order chi connectivity index (χ1) is 4.83. The molecule has 54 valence electrons. The second-order valence-electron chi connectivity index (χ2n) is 1.74. The van der Waals surface area contributed by atoms with Crippen LogP contribution in [-0.2, 0) is 0 Å². The third-order valence-electron chi connectivity index (χ3n) is 0.952. The Hall–Kier alpha value is -1.23. The number of hydrogen-bond donors (Lipinski definition) is 2. The topological polar surface area (TPSA) is 76.7 Å². The van der Waals surface area contributed by atoms with Gasteiger partial charge in [-0.3, -0.25) is 0 Å². The molecule has 5 heteroatoms. The van der Waals surface area contributed by atoms with Gasteiger partial charge in [0.2, 0.25) is 5.95 Å². The summed E-state index contributed by atoms with van der Waals surface area (Å²) >= 11 is 0. The first-order valence-electron chi connectivity index (χ1n) is 2.92. The molecule has 0 aliphatic rings. The maximum Gasteiger partial charge on any atom is 0.226 e. The van der Waals surface area contributed by atoms with E-state index in [0.29, 0.717) is 18.4 Å². The lowest BCUT2D eigenvalue weighted by Crippen LogP contribution is -2.13. The molecule has 0 saturated heterocycles. The van der Waals surface area contributed by atoms with Gasteiger partial charge in [0, 0.05) is 0 Å². The van der Waals surface area contributed by atoms with Gasteiger partial charge >= 0.3 is 0 Å². The molecule has 3 N–H and O–H groups in total. The van der Waals surface area contributed by atoms with Crippen molar-refractivity contribution < 1.29 is 0 Å². The highest BCUT2D eigenvalue weighted by Crippen LogP contribution is 1.92. The largest absolute Gasteiger partial charge is 0.342 e. The van der Waals surface area contributed by atoms with Crippen LogP contribution in [0, 0.1) is 6.92 Å². The van der Waals surface area contributed by atoms with Crippen molar-refractivity contribution in [3.63, 3.8) is 0 Å². The summed E-state index contributed by atoms with van der Waals surface area (Å²) < 4.78 is 0. The molecule has 0 unspecified atom stereocenters. The van der Waals surface area contributed by atoms with Crippen molar-refractivity contribution in [2.75, 3.05) is 12.0 Å². The van der Waals surface area contributed by atoms with E-state index in [4.69, 9.17) is 5.73 Å². The number of aromatic nitrogens is 3. The second kappa shape index (κ2) is 3.07. The fourth-order valence-electron chi connectivity index (χ4n) is 0.555. The number of hydrogen-bond acceptors (Lipinski definition) is 5. The molecule has 0 aliphatic carbocycles. The van der Waals surface area contributed by atoms with E-state index >= 15 is 0 Å². The van der Waals surface area contributed by atoms with Crippen LogP contribution in [0.5, 0.6) is 0 Å². The summed E-state index contributed by atoms with van der Waals surface area (Å²) in [7, 11) is 0. The number of anilines is 1. The molecule has 0 bridgehead atoms. The smallest absolute Gasteiger partial charge is 0.226 e. The Labute approximate surface area is 58.7 Å². The molecule has 1 heterocycles. The van der Waals surface area contributed by atoms with Gasteiger partial charge in [-0.2, -0.15) is 4.98 Å². The minimum atomic E-state index is 0.337. The molecule has 1 aromatic heterocycles. The van der Waals surface area contributed by atoms with E-state index in [2.05, 4.69) is 20.3 Å². The Bertz CT molecular complexity index is 211. The van der Waals surface area contributed by atoms with Gasteiger partial charge in [0.1, 0.15) is 12.2 Å². The zero-order chi connectivity index (χ0) is 7.40. The normalized spacial score (nSPS) is 9.40. The van der Waals surface area contributed by atoms with Crippen LogP contribution >= 0.6 is 0 Å². The Morgan fingerprint density at radius 1 is 1.60 bits per heavy atom. The van der Waals surface area contributed by atoms with E-state index in [1.54, 1.807) is 6.92 Å². The van der Waals surface area contributed by atoms with Crippen LogP contribution < -0.4 is 11.1 Å². The molecule has 1 rings (SSSR count). The lowest BCUT2D eigenvalue weighted by atomic mass is 10.7. The van der Waals surface area contributed by atoms with Crippen LogP contribution in [0.25, 0.3) is 0 Å². The SMILES string of the molecule is Cc1ncnc(NCN)n1. The van der Waals surface area contributed by atoms with Crippen LogP contribution in [0.15, 0.2) is 6.33 Å². The first kappa shape index (κ1) is 6.88. The number of nitrogens with zero attached hydrogens (tertiary/aromatic N) is 3. The fraction of sp³-hybridized carbons (Fsp3) is 0.400. The predicted octanol–water partition coefficient (Wildman–Crippen LogP) is -0.492. The zero-order valence-corrected chi connectivity index (χ0v) is 5.70. The average molecular weight is 139 g/mol. The highest BCUT2D eigenvalue weighted by atomic mass is 15.2. The third kappa shape index (κ3) is 1.63. The Kier molecular flexibility index (Phi) is 2.11. The van der Waals surface area contributed by atoms with Gasteiger partial charge in [-0.1, -0.05) is 0 Å². The molecule has 0 fully saturated rings. The summed E-state index contributed by atoms with van der Waals surface area (Å²) in [6, 6.07) is 0. The van der Waals surface area contributed by atoms with E-state index < -0.39 is 0 Å². The van der Waals surface area contributed by atoms with Gasteiger partial charge in [-0.05, 0) is 6.92 Å². The molecule has 0 spiro atoms. The zero-order valence-electron chi connectivity index (χ0n) is 5.70. The van der Waals surface area contributed by atoms with E-state index in [0.717, 1.165) is 0 Å². The highest BCUT2D eigenvalue weighted by molar-refractivity contribution is 5.21. The van der Waals surface area contributed by atoms with Crippen molar-refractivity contribution >= 4 is 5.95 Å². The minimum Gasteiger partial charge on any atom is -0.342 e. The molecule has 1 aromatic rings. The maximum atomic E-state index is 5.20. The van der Waals surface area contributed by atoms with Crippen LogP contribution in [0.2, 0.25) is 0 Å². The van der Waals surface area contributed by atoms with Gasteiger partial charge in [0.05, 0.1) is 6.67 Å². The Morgan fingerprint density at radius 2 is 2.40 bits per heavy atom. The Balaban J connectivity index is 2.75. The van der Waals surface area contributed by atoms with Crippen molar-refractivity contribution in [2.45, 2.75) is 6.92 Å². The van der Waals surface area contributed by atoms with E-state index in [-0.39, 0.29) is 0 Å². The summed E-state index contributed by atoms with van der Waals surface area (Å²) in [4.78, 5) is 11.6. The van der Waals surface area contributed by atoms with Gasteiger partial charge in [-0.15, -0.1) is 0 Å². The molecule has 0 radical (unpaired) electrons. The van der Waals surface area contributed by atoms with Crippen molar-refractivity contribution in [3.8, 4) is 0 Å². The van der Waals surface area contributed by atoms with Crippen LogP contribution in [0.3, 0.4) is 0 Å². The molecule has 0 saturated carbocycles. The number of nitrogens with two attached hydrogens (primary N) is 1. The van der Waals surface area contributed by atoms with Gasteiger partial charge in [0.15, 0.2) is 0 Å². The molecule has 0 amide bonds. The van der Waals surface area contributed by atoms with Crippen LogP contribution in [0.1, 0.15) is 5.82 Å². The summed E-state index contributed by atoms with van der Waals surface area (Å²) in [6.45, 7) is 2.13. The quantitative estimate of drug-likeness (QED) is 0.540. The highest BCUT2D eigenvalue weighted by Gasteiger charge is 1.91. The van der Waals surface area contributed by atoms with E-state index in [1.165, 1.54) is 6.33 Å². The molecule has 0 aromatic carbocycles. The van der Waals surface area contributed by atoms with Crippen molar-refractivity contribution in [1.82, 2.24) is 15.0 Å². The maximum absolute atomic E-state index is 5.20. The van der Waals surface area contributed by atoms with Gasteiger partial charge < -0.3 is 11.1 Å². The summed E-state index contributed by atoms with van der Waals surface area (Å²) in [6.07, 6.45) is 1.44. The summed E-state index contributed by atoms with van der Waals surface area (Å²) in [5.74, 6) is 1.21. The molecular formula is C5H9N5. The fourth-order valence-corrected chi connectivity index (χ4v) is 0.555. The lowest BCUT2D eigenvalue weighted by Gasteiger charge is -1.98. The van der Waals surface area contributed by atoms with Crippen molar-refractivity contribution in [2.24, 2.45) is 5.73 Å². The molecule has 0 atom stereocenters. The number of nitrogens with one attached hydrogen (secondary N) is 1. The molecule has 5 nitrogen and oxygen atoms in total. The summed E-state index contributed by atoms with van der Waals surface area (Å²) in [5, 5.41) is 2.76. The van der Waals surface area contributed by atoms with Gasteiger partial charge in [-0.25, -0.2) is 9.97 Å². The monoisotopic (exact) mass is 139 g/mol. The number of aryl methyl sites for hydroxylation is 1. The lowest BCUT2D eigenvalue weighted by molar-refractivity contribution is 0.954. The predicted molar refractivity (Wildman–Crippen MR) is 37.2 cm³/mol. The number of rotatable bonds is 2. The average Bonchev–Trinajstić information content (AvgIpc) is 1.88. The van der Waals surface area contributed by atoms with Crippen LogP contribution in [0.4, 0.5) is 5.95 Å². The molecular weight excluding hydrogens is 130 g/mol. The third-order valence-corrected chi connectivity index (χ3v) is 0.952. The minimum absolute atomic E-state index is 0.337. The van der Waals surface area contributed by atoms with Crippen molar-refractivity contribution in [1.29, 1.82) is 0 Å². The molecule has 0 aliphatic heterocycles. The Morgan fingerprint density at radius 3 is 3.00 bits per heavy atom. The standard InChI is InChI=1S/C5H9N5/c1-4-8-3-9-5(10-4)7-2-6/h3H,2,6H2,1H3,(H,7,8,9,10). The van der Waals surface area contributed by atoms with Crippen LogP contribution in [-0.4, -0.2) is 21.6 Å². The first-order valence-corrected chi connectivity index (χ1v) is 2.92. The van der Waals surface area contributed by atoms with Gasteiger partial charge in [0.25, 0.3) is 0 Å². The van der Waals surface area contributed by atoms with Crippen molar-refractivity contribution in [3.05, 3.63) is 12.2 Å².